The minimum Gasteiger partial charge on any atom is -0.457 e. The lowest BCUT2D eigenvalue weighted by atomic mass is 10.0. The lowest BCUT2D eigenvalue weighted by molar-refractivity contribution is -0.124. The summed E-state index contributed by atoms with van der Waals surface area (Å²) in [6, 6.07) is 12.9. The maximum absolute atomic E-state index is 11.6. The van der Waals surface area contributed by atoms with Crippen molar-refractivity contribution in [2.75, 3.05) is 13.2 Å². The molecule has 1 amide bonds. The van der Waals surface area contributed by atoms with Gasteiger partial charge in [-0.1, -0.05) is 37.3 Å². The molecule has 2 aromatic rings. The van der Waals surface area contributed by atoms with Gasteiger partial charge in [-0.25, -0.2) is 4.79 Å². The Morgan fingerprint density at radius 3 is 2.62 bits per heavy atom. The van der Waals surface area contributed by atoms with E-state index in [0.29, 0.717) is 6.54 Å². The zero-order valence-electron chi connectivity index (χ0n) is 11.7. The van der Waals surface area contributed by atoms with Crippen LogP contribution in [0.1, 0.15) is 29.0 Å². The fourth-order valence-corrected chi connectivity index (χ4v) is 1.81. The van der Waals surface area contributed by atoms with Gasteiger partial charge in [-0.2, -0.15) is 0 Å². The van der Waals surface area contributed by atoms with Gasteiger partial charge in [0.15, 0.2) is 6.61 Å². The number of furan rings is 1. The van der Waals surface area contributed by atoms with Gasteiger partial charge in [0, 0.05) is 6.54 Å². The molecular formula is C16H17NO4. The Labute approximate surface area is 122 Å². The number of amides is 1. The number of hydrogen-bond acceptors (Lipinski definition) is 4. The monoisotopic (exact) mass is 287 g/mol. The molecule has 5 nitrogen and oxygen atoms in total. The van der Waals surface area contributed by atoms with E-state index in [0.717, 1.165) is 5.56 Å². The smallest absolute Gasteiger partial charge is 0.374 e. The Morgan fingerprint density at radius 2 is 1.95 bits per heavy atom. The molecule has 0 saturated heterocycles. The highest BCUT2D eigenvalue weighted by Crippen LogP contribution is 2.12. The van der Waals surface area contributed by atoms with E-state index in [1.165, 1.54) is 12.3 Å². The molecule has 21 heavy (non-hydrogen) atoms. The van der Waals surface area contributed by atoms with Crippen LogP contribution in [-0.4, -0.2) is 25.0 Å². The average molecular weight is 287 g/mol. The van der Waals surface area contributed by atoms with Gasteiger partial charge in [-0.15, -0.1) is 0 Å². The third kappa shape index (κ3) is 4.49. The van der Waals surface area contributed by atoms with E-state index in [1.54, 1.807) is 6.07 Å². The van der Waals surface area contributed by atoms with Crippen LogP contribution < -0.4 is 5.32 Å². The maximum Gasteiger partial charge on any atom is 0.374 e. The Balaban J connectivity index is 1.71. The predicted molar refractivity (Wildman–Crippen MR) is 76.9 cm³/mol. The van der Waals surface area contributed by atoms with Gasteiger partial charge in [0.25, 0.3) is 5.91 Å². The largest absolute Gasteiger partial charge is 0.457 e. The lowest BCUT2D eigenvalue weighted by Gasteiger charge is -2.12. The molecule has 1 aromatic heterocycles. The number of nitrogens with one attached hydrogen (secondary N) is 1. The minimum atomic E-state index is -0.647. The van der Waals surface area contributed by atoms with E-state index in [4.69, 9.17) is 9.15 Å². The Hall–Kier alpha value is -2.56. The summed E-state index contributed by atoms with van der Waals surface area (Å²) in [5, 5.41) is 2.73. The zero-order valence-corrected chi connectivity index (χ0v) is 11.7. The summed E-state index contributed by atoms with van der Waals surface area (Å²) in [6.45, 7) is 2.19. The van der Waals surface area contributed by atoms with Crippen LogP contribution in [0.3, 0.4) is 0 Å². The predicted octanol–water partition coefficient (Wildman–Crippen LogP) is 2.36. The first-order chi connectivity index (χ1) is 10.2. The second kappa shape index (κ2) is 7.28. The molecule has 0 aliphatic rings. The van der Waals surface area contributed by atoms with Crippen molar-refractivity contribution in [3.8, 4) is 0 Å². The number of carbonyl (C=O) groups is 2. The summed E-state index contributed by atoms with van der Waals surface area (Å²) in [4.78, 5) is 23.1. The van der Waals surface area contributed by atoms with Gasteiger partial charge in [-0.3, -0.25) is 4.79 Å². The van der Waals surface area contributed by atoms with Crippen LogP contribution >= 0.6 is 0 Å². The van der Waals surface area contributed by atoms with E-state index in [2.05, 4.69) is 5.32 Å². The third-order valence-corrected chi connectivity index (χ3v) is 3.03. The van der Waals surface area contributed by atoms with Crippen LogP contribution in [0.25, 0.3) is 0 Å². The van der Waals surface area contributed by atoms with Crippen molar-refractivity contribution >= 4 is 11.9 Å². The standard InChI is InChI=1S/C16H17NO4/c1-12(13-6-3-2-4-7-13)10-17-15(18)11-21-16(19)14-8-5-9-20-14/h2-9,12H,10-11H2,1H3,(H,17,18)/t12-/m0/s1. The number of rotatable bonds is 6. The summed E-state index contributed by atoms with van der Waals surface area (Å²) < 4.78 is 9.72. The molecular weight excluding hydrogens is 270 g/mol. The quantitative estimate of drug-likeness (QED) is 0.828. The van der Waals surface area contributed by atoms with E-state index in [9.17, 15) is 9.59 Å². The molecule has 1 atom stereocenters. The Bertz CT molecular complexity index is 578. The fraction of sp³-hybridized carbons (Fsp3) is 0.250. The van der Waals surface area contributed by atoms with Crippen LogP contribution in [-0.2, 0) is 9.53 Å². The van der Waals surface area contributed by atoms with Crippen molar-refractivity contribution in [1.29, 1.82) is 0 Å². The number of esters is 1. The molecule has 0 bridgehead atoms. The van der Waals surface area contributed by atoms with Gasteiger partial charge < -0.3 is 14.5 Å². The van der Waals surface area contributed by atoms with Crippen molar-refractivity contribution < 1.29 is 18.7 Å². The number of hydrogen-bond donors (Lipinski definition) is 1. The molecule has 0 radical (unpaired) electrons. The van der Waals surface area contributed by atoms with Gasteiger partial charge in [0.2, 0.25) is 5.76 Å². The summed E-state index contributed by atoms with van der Waals surface area (Å²) in [5.41, 5.74) is 1.14. The maximum atomic E-state index is 11.6. The molecule has 2 rings (SSSR count). The summed E-state index contributed by atoms with van der Waals surface area (Å²) in [5.74, 6) is -0.708. The van der Waals surface area contributed by atoms with Crippen molar-refractivity contribution in [2.45, 2.75) is 12.8 Å². The van der Waals surface area contributed by atoms with Crippen molar-refractivity contribution in [1.82, 2.24) is 5.32 Å². The van der Waals surface area contributed by atoms with Crippen molar-refractivity contribution in [2.24, 2.45) is 0 Å². The van der Waals surface area contributed by atoms with Gasteiger partial charge in [0.05, 0.1) is 6.26 Å². The highest BCUT2D eigenvalue weighted by Gasteiger charge is 2.13. The van der Waals surface area contributed by atoms with Crippen LogP contribution in [0.5, 0.6) is 0 Å². The highest BCUT2D eigenvalue weighted by atomic mass is 16.5. The second-order valence-electron chi connectivity index (χ2n) is 4.67. The van der Waals surface area contributed by atoms with E-state index >= 15 is 0 Å². The lowest BCUT2D eigenvalue weighted by Crippen LogP contribution is -2.31. The molecule has 110 valence electrons. The Kier molecular flexibility index (Phi) is 5.15. The van der Waals surface area contributed by atoms with Crippen LogP contribution in [0, 0.1) is 0 Å². The van der Waals surface area contributed by atoms with Crippen molar-refractivity contribution in [3.63, 3.8) is 0 Å². The molecule has 0 saturated carbocycles. The normalized spacial score (nSPS) is 11.7. The first-order valence-electron chi connectivity index (χ1n) is 6.69. The molecule has 1 N–H and O–H groups in total. The second-order valence-corrected chi connectivity index (χ2v) is 4.67. The summed E-state index contributed by atoms with van der Waals surface area (Å²) >= 11 is 0. The molecule has 1 aromatic carbocycles. The first-order valence-corrected chi connectivity index (χ1v) is 6.69. The molecule has 0 aliphatic heterocycles. The highest BCUT2D eigenvalue weighted by molar-refractivity contribution is 5.88. The van der Waals surface area contributed by atoms with E-state index in [-0.39, 0.29) is 24.2 Å². The SMILES string of the molecule is C[C@@H](CNC(=O)COC(=O)c1ccco1)c1ccccc1. The summed E-state index contributed by atoms with van der Waals surface area (Å²) in [6.07, 6.45) is 1.37. The minimum absolute atomic E-state index is 0.0838. The van der Waals surface area contributed by atoms with Gasteiger partial charge >= 0.3 is 5.97 Å². The van der Waals surface area contributed by atoms with Crippen LogP contribution in [0.2, 0.25) is 0 Å². The molecule has 0 spiro atoms. The molecule has 1 heterocycles. The molecule has 0 fully saturated rings. The fourth-order valence-electron chi connectivity index (χ4n) is 1.81. The number of benzene rings is 1. The zero-order chi connectivity index (χ0) is 15.1. The van der Waals surface area contributed by atoms with Crippen molar-refractivity contribution in [3.05, 3.63) is 60.1 Å². The topological polar surface area (TPSA) is 68.5 Å². The van der Waals surface area contributed by atoms with Gasteiger partial charge in [-0.05, 0) is 23.6 Å². The average Bonchev–Trinajstić information content (AvgIpc) is 3.05. The molecule has 0 unspecified atom stereocenters. The number of ether oxygens (including phenoxy) is 1. The molecule has 0 aliphatic carbocycles. The summed E-state index contributed by atoms with van der Waals surface area (Å²) in [7, 11) is 0. The van der Waals surface area contributed by atoms with Crippen LogP contribution in [0.4, 0.5) is 0 Å². The van der Waals surface area contributed by atoms with Gasteiger partial charge in [0.1, 0.15) is 0 Å². The molecule has 5 heteroatoms. The van der Waals surface area contributed by atoms with Crippen LogP contribution in [0.15, 0.2) is 53.1 Å². The number of carbonyl (C=O) groups excluding carboxylic acids is 2. The Morgan fingerprint density at radius 1 is 1.19 bits per heavy atom. The van der Waals surface area contributed by atoms with E-state index < -0.39 is 5.97 Å². The van der Waals surface area contributed by atoms with E-state index in [1.807, 2.05) is 37.3 Å². The third-order valence-electron chi connectivity index (χ3n) is 3.03. The first kappa shape index (κ1) is 14.8.